The molecule has 2 nitrogen and oxygen atoms in total. The van der Waals surface area contributed by atoms with Gasteiger partial charge in [0.2, 0.25) is 0 Å². The van der Waals surface area contributed by atoms with E-state index in [1.165, 1.54) is 10.9 Å². The molecule has 2 aromatic rings. The maximum absolute atomic E-state index is 9.56. The van der Waals surface area contributed by atoms with E-state index in [1.54, 1.807) is 0 Å². The molecule has 1 fully saturated rings. The Hall–Kier alpha value is -1.28. The second-order valence-electron chi connectivity index (χ2n) is 4.40. The van der Waals surface area contributed by atoms with E-state index in [0.29, 0.717) is 6.04 Å². The van der Waals surface area contributed by atoms with Crippen LogP contribution in [0.2, 0.25) is 0 Å². The summed E-state index contributed by atoms with van der Waals surface area (Å²) < 4.78 is 2.31. The van der Waals surface area contributed by atoms with Crippen LogP contribution in [0.15, 0.2) is 36.5 Å². The van der Waals surface area contributed by atoms with Crippen LogP contribution in [-0.2, 0) is 0 Å². The molecule has 2 atom stereocenters. The van der Waals surface area contributed by atoms with Gasteiger partial charge in [0, 0.05) is 17.8 Å². The van der Waals surface area contributed by atoms with Crippen molar-refractivity contribution in [2.24, 2.45) is 0 Å². The summed E-state index contributed by atoms with van der Waals surface area (Å²) in [6.45, 7) is 0. The average molecular weight is 201 g/mol. The minimum atomic E-state index is -0.101. The third-order valence-corrected chi connectivity index (χ3v) is 3.40. The molecule has 1 aliphatic carbocycles. The van der Waals surface area contributed by atoms with Crippen LogP contribution in [0, 0.1) is 0 Å². The number of benzene rings is 1. The number of hydrogen-bond acceptors (Lipinski definition) is 1. The summed E-state index contributed by atoms with van der Waals surface area (Å²) in [7, 11) is 0. The van der Waals surface area contributed by atoms with E-state index in [0.717, 1.165) is 19.3 Å². The molecule has 1 heterocycles. The third kappa shape index (κ3) is 1.45. The fourth-order valence-corrected chi connectivity index (χ4v) is 2.61. The molecule has 1 N–H and O–H groups in total. The number of fused-ring (bicyclic) bond motifs is 1. The third-order valence-electron chi connectivity index (χ3n) is 3.40. The number of hydrogen-bond donors (Lipinski definition) is 1. The smallest absolute Gasteiger partial charge is 0.0560 e. The van der Waals surface area contributed by atoms with Gasteiger partial charge in [0.25, 0.3) is 0 Å². The molecule has 0 aliphatic heterocycles. The van der Waals surface area contributed by atoms with Gasteiger partial charge >= 0.3 is 0 Å². The first kappa shape index (κ1) is 8.98. The lowest BCUT2D eigenvalue weighted by atomic mass is 10.2. The summed E-state index contributed by atoms with van der Waals surface area (Å²) in [4.78, 5) is 0. The largest absolute Gasteiger partial charge is 0.393 e. The van der Waals surface area contributed by atoms with Crippen LogP contribution in [0.3, 0.4) is 0 Å². The van der Waals surface area contributed by atoms with E-state index < -0.39 is 0 Å². The Balaban J connectivity index is 2.04. The van der Waals surface area contributed by atoms with Gasteiger partial charge in [0.05, 0.1) is 6.10 Å². The summed E-state index contributed by atoms with van der Waals surface area (Å²) in [6.07, 6.45) is 4.99. The van der Waals surface area contributed by atoms with Crippen molar-refractivity contribution in [1.82, 2.24) is 4.57 Å². The highest BCUT2D eigenvalue weighted by Gasteiger charge is 2.24. The minimum absolute atomic E-state index is 0.101. The lowest BCUT2D eigenvalue weighted by molar-refractivity contribution is 0.178. The zero-order valence-electron chi connectivity index (χ0n) is 8.63. The fourth-order valence-electron chi connectivity index (χ4n) is 2.61. The molecule has 0 spiro atoms. The number of para-hydroxylation sites is 1. The summed E-state index contributed by atoms with van der Waals surface area (Å²) in [5, 5.41) is 10.8. The summed E-state index contributed by atoms with van der Waals surface area (Å²) in [5.74, 6) is 0. The quantitative estimate of drug-likeness (QED) is 0.754. The number of aliphatic hydroxyl groups is 1. The predicted molar refractivity (Wildman–Crippen MR) is 60.8 cm³/mol. The van der Waals surface area contributed by atoms with Crippen LogP contribution in [0.25, 0.3) is 10.9 Å². The molecule has 0 unspecified atom stereocenters. The minimum Gasteiger partial charge on any atom is -0.393 e. The maximum atomic E-state index is 9.56. The molecule has 78 valence electrons. The lowest BCUT2D eigenvalue weighted by Crippen LogP contribution is -2.05. The molecule has 0 radical (unpaired) electrons. The molecule has 2 heteroatoms. The highest BCUT2D eigenvalue weighted by Crippen LogP contribution is 2.32. The van der Waals surface area contributed by atoms with Crippen LogP contribution in [-0.4, -0.2) is 15.8 Å². The Morgan fingerprint density at radius 2 is 2.00 bits per heavy atom. The summed E-state index contributed by atoms with van der Waals surface area (Å²) in [5.41, 5.74) is 1.29. The molecule has 3 rings (SSSR count). The standard InChI is InChI=1S/C13H15NO/c15-12-6-5-11(9-12)14-8-7-10-3-1-2-4-13(10)14/h1-4,7-8,11-12,15H,5-6,9H2/t11-,12+/m0/s1. The SMILES string of the molecule is O[C@@H]1CC[C@H](n2ccc3ccccc32)C1. The maximum Gasteiger partial charge on any atom is 0.0560 e. The molecule has 1 aromatic heterocycles. The first-order chi connectivity index (χ1) is 7.34. The van der Waals surface area contributed by atoms with Crippen molar-refractivity contribution in [3.05, 3.63) is 36.5 Å². The van der Waals surface area contributed by atoms with Gasteiger partial charge in [-0.1, -0.05) is 18.2 Å². The number of aliphatic hydroxyl groups excluding tert-OH is 1. The molecule has 1 saturated carbocycles. The van der Waals surface area contributed by atoms with Crippen molar-refractivity contribution in [3.63, 3.8) is 0 Å². The Morgan fingerprint density at radius 3 is 2.80 bits per heavy atom. The molecular formula is C13H15NO. The topological polar surface area (TPSA) is 25.2 Å². The van der Waals surface area contributed by atoms with Gasteiger partial charge < -0.3 is 9.67 Å². The second kappa shape index (κ2) is 3.38. The van der Waals surface area contributed by atoms with Crippen molar-refractivity contribution >= 4 is 10.9 Å². The Bertz CT molecular complexity index is 474. The van der Waals surface area contributed by atoms with Gasteiger partial charge in [-0.2, -0.15) is 0 Å². The summed E-state index contributed by atoms with van der Waals surface area (Å²) >= 11 is 0. The zero-order valence-corrected chi connectivity index (χ0v) is 8.63. The lowest BCUT2D eigenvalue weighted by Gasteiger charge is -2.13. The highest BCUT2D eigenvalue weighted by molar-refractivity contribution is 5.80. The van der Waals surface area contributed by atoms with E-state index in [4.69, 9.17) is 0 Å². The second-order valence-corrected chi connectivity index (χ2v) is 4.40. The van der Waals surface area contributed by atoms with Crippen LogP contribution >= 0.6 is 0 Å². The van der Waals surface area contributed by atoms with E-state index in [1.807, 2.05) is 0 Å². The summed E-state index contributed by atoms with van der Waals surface area (Å²) in [6, 6.07) is 11.1. The van der Waals surface area contributed by atoms with Crippen molar-refractivity contribution in [1.29, 1.82) is 0 Å². The Kier molecular flexibility index (Phi) is 2.03. The van der Waals surface area contributed by atoms with Crippen molar-refractivity contribution in [2.45, 2.75) is 31.4 Å². The number of aromatic nitrogens is 1. The Labute approximate surface area is 89.1 Å². The Morgan fingerprint density at radius 1 is 1.13 bits per heavy atom. The number of rotatable bonds is 1. The van der Waals surface area contributed by atoms with Crippen molar-refractivity contribution in [3.8, 4) is 0 Å². The van der Waals surface area contributed by atoms with E-state index >= 15 is 0 Å². The highest BCUT2D eigenvalue weighted by atomic mass is 16.3. The van der Waals surface area contributed by atoms with Crippen LogP contribution in [0.1, 0.15) is 25.3 Å². The molecule has 1 aliphatic rings. The average Bonchev–Trinajstić information content (AvgIpc) is 2.83. The van der Waals surface area contributed by atoms with E-state index in [-0.39, 0.29) is 6.10 Å². The van der Waals surface area contributed by atoms with Crippen LogP contribution < -0.4 is 0 Å². The van der Waals surface area contributed by atoms with Crippen LogP contribution in [0.4, 0.5) is 0 Å². The molecule has 15 heavy (non-hydrogen) atoms. The normalized spacial score (nSPS) is 26.2. The van der Waals surface area contributed by atoms with Crippen molar-refractivity contribution in [2.75, 3.05) is 0 Å². The molecule has 0 amide bonds. The van der Waals surface area contributed by atoms with Gasteiger partial charge in [-0.05, 0) is 36.8 Å². The van der Waals surface area contributed by atoms with Gasteiger partial charge in [0.1, 0.15) is 0 Å². The van der Waals surface area contributed by atoms with Gasteiger partial charge in [-0.25, -0.2) is 0 Å². The molecule has 1 aromatic carbocycles. The van der Waals surface area contributed by atoms with E-state index in [2.05, 4.69) is 41.1 Å². The van der Waals surface area contributed by atoms with Crippen molar-refractivity contribution < 1.29 is 5.11 Å². The zero-order chi connectivity index (χ0) is 10.3. The molecule has 0 saturated heterocycles. The molecule has 0 bridgehead atoms. The predicted octanol–water partition coefficient (Wildman–Crippen LogP) is 2.73. The molecular weight excluding hydrogens is 186 g/mol. The van der Waals surface area contributed by atoms with Gasteiger partial charge in [-0.3, -0.25) is 0 Å². The van der Waals surface area contributed by atoms with Crippen LogP contribution in [0.5, 0.6) is 0 Å². The first-order valence-corrected chi connectivity index (χ1v) is 5.58. The monoisotopic (exact) mass is 201 g/mol. The van der Waals surface area contributed by atoms with Gasteiger partial charge in [-0.15, -0.1) is 0 Å². The van der Waals surface area contributed by atoms with Gasteiger partial charge in [0.15, 0.2) is 0 Å². The van der Waals surface area contributed by atoms with E-state index in [9.17, 15) is 5.11 Å². The fraction of sp³-hybridized carbons (Fsp3) is 0.385. The first-order valence-electron chi connectivity index (χ1n) is 5.58. The number of nitrogens with zero attached hydrogens (tertiary/aromatic N) is 1.